The van der Waals surface area contributed by atoms with Crippen molar-refractivity contribution < 1.29 is 4.42 Å². The summed E-state index contributed by atoms with van der Waals surface area (Å²) in [5.74, 6) is 0. The van der Waals surface area contributed by atoms with Crippen LogP contribution < -0.4 is 0 Å². The molecule has 0 spiro atoms. The maximum atomic E-state index is 6.27. The highest BCUT2D eigenvalue weighted by Gasteiger charge is 2.15. The molecular weight excluding hydrogens is 472 g/mol. The van der Waals surface area contributed by atoms with E-state index in [0.717, 1.165) is 21.9 Å². The van der Waals surface area contributed by atoms with Crippen LogP contribution in [0.15, 0.2) is 150 Å². The molecule has 1 nitrogen and oxygen atoms in total. The summed E-state index contributed by atoms with van der Waals surface area (Å²) < 4.78 is 6.27. The molecule has 1 aromatic heterocycles. The smallest absolute Gasteiger partial charge is 0.136 e. The van der Waals surface area contributed by atoms with Crippen LogP contribution in [0, 0.1) is 0 Å². The fourth-order valence-electron chi connectivity index (χ4n) is 6.00. The van der Waals surface area contributed by atoms with Crippen LogP contribution in [0.25, 0.3) is 76.9 Å². The number of hydrogen-bond donors (Lipinski definition) is 0. The molecule has 8 rings (SSSR count). The first-order chi connectivity index (χ1) is 19.3. The van der Waals surface area contributed by atoms with Crippen molar-refractivity contribution in [2.24, 2.45) is 0 Å². The summed E-state index contributed by atoms with van der Waals surface area (Å²) in [6.45, 7) is 0. The molecule has 0 atom stereocenters. The van der Waals surface area contributed by atoms with E-state index in [2.05, 4.69) is 146 Å². The summed E-state index contributed by atoms with van der Waals surface area (Å²) in [6.07, 6.45) is 0. The number of fused-ring (bicyclic) bond motifs is 5. The van der Waals surface area contributed by atoms with Crippen molar-refractivity contribution in [3.8, 4) is 33.4 Å². The highest BCUT2D eigenvalue weighted by molar-refractivity contribution is 6.12. The van der Waals surface area contributed by atoms with Crippen molar-refractivity contribution in [3.63, 3.8) is 0 Å². The van der Waals surface area contributed by atoms with Crippen molar-refractivity contribution in [2.75, 3.05) is 0 Å². The average Bonchev–Trinajstić information content (AvgIpc) is 3.36. The van der Waals surface area contributed by atoms with Gasteiger partial charge in [-0.25, -0.2) is 0 Å². The van der Waals surface area contributed by atoms with Gasteiger partial charge in [0.05, 0.1) is 0 Å². The Bertz CT molecular complexity index is 2170. The monoisotopic (exact) mass is 496 g/mol. The van der Waals surface area contributed by atoms with Crippen LogP contribution in [-0.4, -0.2) is 0 Å². The van der Waals surface area contributed by atoms with Gasteiger partial charge in [0.1, 0.15) is 11.2 Å². The van der Waals surface area contributed by atoms with Crippen molar-refractivity contribution in [2.45, 2.75) is 0 Å². The van der Waals surface area contributed by atoms with Gasteiger partial charge in [-0.15, -0.1) is 0 Å². The minimum absolute atomic E-state index is 0.918. The summed E-state index contributed by atoms with van der Waals surface area (Å²) in [7, 11) is 0. The third kappa shape index (κ3) is 3.55. The lowest BCUT2D eigenvalue weighted by atomic mass is 9.88. The molecule has 0 unspecified atom stereocenters. The van der Waals surface area contributed by atoms with Gasteiger partial charge in [0.2, 0.25) is 0 Å². The van der Waals surface area contributed by atoms with E-state index in [9.17, 15) is 0 Å². The van der Waals surface area contributed by atoms with Gasteiger partial charge in [-0.1, -0.05) is 121 Å². The molecule has 182 valence electrons. The van der Waals surface area contributed by atoms with E-state index in [-0.39, 0.29) is 0 Å². The van der Waals surface area contributed by atoms with Gasteiger partial charge in [-0.2, -0.15) is 0 Å². The quantitative estimate of drug-likeness (QED) is 0.237. The molecular formula is C38H24O. The molecule has 0 amide bonds. The molecule has 1 heteroatoms. The Morgan fingerprint density at radius 3 is 1.74 bits per heavy atom. The summed E-state index contributed by atoms with van der Waals surface area (Å²) >= 11 is 0. The highest BCUT2D eigenvalue weighted by atomic mass is 16.3. The zero-order valence-corrected chi connectivity index (χ0v) is 21.3. The van der Waals surface area contributed by atoms with Crippen LogP contribution in [0.1, 0.15) is 0 Å². The zero-order chi connectivity index (χ0) is 25.8. The molecule has 7 aromatic carbocycles. The molecule has 0 aliphatic rings. The summed E-state index contributed by atoms with van der Waals surface area (Å²) in [5, 5.41) is 7.22. The van der Waals surface area contributed by atoms with Crippen LogP contribution in [0.2, 0.25) is 0 Å². The van der Waals surface area contributed by atoms with Gasteiger partial charge in [0.15, 0.2) is 0 Å². The second kappa shape index (κ2) is 8.72. The standard InChI is InChI=1S/C38H24O/c1-2-10-25(11-3-1)29-14-6-7-15-31(29)34-20-19-30(32-16-8-9-17-33(32)34)28-18-21-37-35(23-28)36-22-26-12-4-5-13-27(26)24-38(36)39-37/h1-24H. The second-order valence-electron chi connectivity index (χ2n) is 10.1. The van der Waals surface area contributed by atoms with Gasteiger partial charge in [0.25, 0.3) is 0 Å². The largest absolute Gasteiger partial charge is 0.456 e. The molecule has 0 N–H and O–H groups in total. The summed E-state index contributed by atoms with van der Waals surface area (Å²) in [4.78, 5) is 0. The van der Waals surface area contributed by atoms with Gasteiger partial charge in [-0.3, -0.25) is 0 Å². The van der Waals surface area contributed by atoms with Gasteiger partial charge >= 0.3 is 0 Å². The van der Waals surface area contributed by atoms with Crippen molar-refractivity contribution in [1.29, 1.82) is 0 Å². The molecule has 1 heterocycles. The van der Waals surface area contributed by atoms with E-state index in [1.165, 1.54) is 54.9 Å². The molecule has 0 radical (unpaired) electrons. The maximum absolute atomic E-state index is 6.27. The predicted octanol–water partition coefficient (Wildman–Crippen LogP) is 10.9. The Hall–Kier alpha value is -5.14. The molecule has 0 aliphatic heterocycles. The first-order valence-corrected chi connectivity index (χ1v) is 13.4. The molecule has 0 aliphatic carbocycles. The van der Waals surface area contributed by atoms with E-state index >= 15 is 0 Å². The van der Waals surface area contributed by atoms with Gasteiger partial charge < -0.3 is 4.42 Å². The third-order valence-corrected chi connectivity index (χ3v) is 7.87. The SMILES string of the molecule is c1ccc(-c2ccccc2-c2ccc(-c3ccc4oc5cc6ccccc6cc5c4c3)c3ccccc23)cc1. The topological polar surface area (TPSA) is 13.1 Å². The maximum Gasteiger partial charge on any atom is 0.136 e. The second-order valence-corrected chi connectivity index (χ2v) is 10.1. The van der Waals surface area contributed by atoms with Crippen LogP contribution in [0.5, 0.6) is 0 Å². The van der Waals surface area contributed by atoms with E-state index < -0.39 is 0 Å². The third-order valence-electron chi connectivity index (χ3n) is 7.87. The number of furan rings is 1. The lowest BCUT2D eigenvalue weighted by molar-refractivity contribution is 0.669. The fourth-order valence-corrected chi connectivity index (χ4v) is 6.00. The highest BCUT2D eigenvalue weighted by Crippen LogP contribution is 2.41. The van der Waals surface area contributed by atoms with E-state index in [4.69, 9.17) is 4.42 Å². The molecule has 8 aromatic rings. The molecule has 0 bridgehead atoms. The molecule has 0 saturated carbocycles. The minimum Gasteiger partial charge on any atom is -0.456 e. The Morgan fingerprint density at radius 1 is 0.308 bits per heavy atom. The van der Waals surface area contributed by atoms with Crippen LogP contribution >= 0.6 is 0 Å². The van der Waals surface area contributed by atoms with E-state index in [0.29, 0.717) is 0 Å². The fraction of sp³-hybridized carbons (Fsp3) is 0. The minimum atomic E-state index is 0.918. The van der Waals surface area contributed by atoms with E-state index in [1.54, 1.807) is 0 Å². The summed E-state index contributed by atoms with van der Waals surface area (Å²) in [5.41, 5.74) is 9.23. The summed E-state index contributed by atoms with van der Waals surface area (Å²) in [6, 6.07) is 52.1. The lowest BCUT2D eigenvalue weighted by Gasteiger charge is -2.15. The molecule has 0 saturated heterocycles. The first-order valence-electron chi connectivity index (χ1n) is 13.4. The molecule has 0 fully saturated rings. The lowest BCUT2D eigenvalue weighted by Crippen LogP contribution is -1.89. The van der Waals surface area contributed by atoms with Crippen molar-refractivity contribution >= 4 is 43.5 Å². The average molecular weight is 497 g/mol. The van der Waals surface area contributed by atoms with Crippen molar-refractivity contribution in [3.05, 3.63) is 146 Å². The number of benzene rings is 7. The zero-order valence-electron chi connectivity index (χ0n) is 21.3. The molecule has 39 heavy (non-hydrogen) atoms. The Morgan fingerprint density at radius 2 is 0.923 bits per heavy atom. The first kappa shape index (κ1) is 21.9. The normalized spacial score (nSPS) is 11.6. The van der Waals surface area contributed by atoms with Crippen LogP contribution in [0.4, 0.5) is 0 Å². The Kier molecular flexibility index (Phi) is 4.89. The van der Waals surface area contributed by atoms with Crippen LogP contribution in [-0.2, 0) is 0 Å². The van der Waals surface area contributed by atoms with Gasteiger partial charge in [0, 0.05) is 10.8 Å². The number of hydrogen-bond acceptors (Lipinski definition) is 1. The van der Waals surface area contributed by atoms with E-state index in [1.807, 2.05) is 0 Å². The van der Waals surface area contributed by atoms with Crippen molar-refractivity contribution in [1.82, 2.24) is 0 Å². The predicted molar refractivity (Wildman–Crippen MR) is 165 cm³/mol. The van der Waals surface area contributed by atoms with Crippen LogP contribution in [0.3, 0.4) is 0 Å². The Balaban J connectivity index is 1.33. The van der Waals surface area contributed by atoms with Gasteiger partial charge in [-0.05, 0) is 79.2 Å². The Labute approximate surface area is 226 Å². The number of rotatable bonds is 3.